The largest absolute Gasteiger partial charge is 0.573 e. The predicted molar refractivity (Wildman–Crippen MR) is 98.5 cm³/mol. The summed E-state index contributed by atoms with van der Waals surface area (Å²) in [5, 5.41) is 2.78. The zero-order chi connectivity index (χ0) is 20.9. The van der Waals surface area contributed by atoms with Gasteiger partial charge >= 0.3 is 6.36 Å². The molecule has 0 saturated carbocycles. The van der Waals surface area contributed by atoms with Crippen molar-refractivity contribution in [1.82, 2.24) is 4.31 Å². The van der Waals surface area contributed by atoms with E-state index in [1.54, 1.807) is 24.3 Å². The fourth-order valence-corrected chi connectivity index (χ4v) is 3.13. The minimum Gasteiger partial charge on any atom is -0.406 e. The Morgan fingerprint density at radius 1 is 1.14 bits per heavy atom. The number of anilines is 1. The summed E-state index contributed by atoms with van der Waals surface area (Å²) in [5.74, 6) is -1.11. The van der Waals surface area contributed by atoms with Crippen molar-refractivity contribution < 1.29 is 31.1 Å². The highest BCUT2D eigenvalue weighted by molar-refractivity contribution is 7.88. The lowest BCUT2D eigenvalue weighted by Crippen LogP contribution is -2.37. The van der Waals surface area contributed by atoms with Crippen LogP contribution < -0.4 is 10.1 Å². The molecule has 0 bridgehead atoms. The lowest BCUT2D eigenvalue weighted by atomic mass is 10.2. The number of ether oxygens (including phenoxy) is 1. The van der Waals surface area contributed by atoms with Crippen molar-refractivity contribution in [2.24, 2.45) is 0 Å². The molecule has 0 aromatic heterocycles. The van der Waals surface area contributed by atoms with Gasteiger partial charge in [0.15, 0.2) is 0 Å². The van der Waals surface area contributed by atoms with Crippen LogP contribution in [0, 0.1) is 0 Å². The van der Waals surface area contributed by atoms with Crippen LogP contribution in [0.4, 0.5) is 18.9 Å². The third kappa shape index (κ3) is 7.02. The Kier molecular flexibility index (Phi) is 6.91. The smallest absolute Gasteiger partial charge is 0.406 e. The second kappa shape index (κ2) is 8.80. The second-order valence-corrected chi connectivity index (χ2v) is 8.13. The molecule has 0 atom stereocenters. The molecule has 1 amide bonds. The van der Waals surface area contributed by atoms with Crippen LogP contribution in [0.2, 0.25) is 5.02 Å². The first kappa shape index (κ1) is 22.0. The molecule has 152 valence electrons. The maximum Gasteiger partial charge on any atom is 0.573 e. The van der Waals surface area contributed by atoms with E-state index >= 15 is 0 Å². The maximum atomic E-state index is 12.2. The molecular formula is C17H16ClF3N2O4S. The van der Waals surface area contributed by atoms with Gasteiger partial charge in [0.1, 0.15) is 5.75 Å². The molecule has 0 aliphatic rings. The van der Waals surface area contributed by atoms with E-state index in [1.165, 1.54) is 12.1 Å². The van der Waals surface area contributed by atoms with Crippen molar-refractivity contribution in [2.45, 2.75) is 12.9 Å². The van der Waals surface area contributed by atoms with Gasteiger partial charge in [-0.2, -0.15) is 4.31 Å². The van der Waals surface area contributed by atoms with E-state index in [0.717, 1.165) is 22.7 Å². The normalized spacial score (nSPS) is 12.1. The number of hydrogen-bond acceptors (Lipinski definition) is 4. The topological polar surface area (TPSA) is 75.7 Å². The van der Waals surface area contributed by atoms with Gasteiger partial charge in [-0.15, -0.1) is 13.2 Å². The van der Waals surface area contributed by atoms with Gasteiger partial charge in [0.2, 0.25) is 15.9 Å². The minimum atomic E-state index is -4.82. The van der Waals surface area contributed by atoms with Crippen LogP contribution in [-0.2, 0) is 21.4 Å². The van der Waals surface area contributed by atoms with Gasteiger partial charge < -0.3 is 10.1 Å². The number of alkyl halides is 3. The third-order valence-corrected chi connectivity index (χ3v) is 5.03. The molecule has 0 fully saturated rings. The Morgan fingerprint density at radius 2 is 1.75 bits per heavy atom. The monoisotopic (exact) mass is 436 g/mol. The van der Waals surface area contributed by atoms with Crippen molar-refractivity contribution in [2.75, 3.05) is 18.1 Å². The fraction of sp³-hybridized carbons (Fsp3) is 0.235. The number of amides is 1. The molecule has 2 aromatic carbocycles. The highest BCUT2D eigenvalue weighted by Crippen LogP contribution is 2.24. The van der Waals surface area contributed by atoms with Gasteiger partial charge in [-0.3, -0.25) is 4.79 Å². The number of benzene rings is 2. The molecule has 2 rings (SSSR count). The third-order valence-electron chi connectivity index (χ3n) is 3.47. The summed E-state index contributed by atoms with van der Waals surface area (Å²) < 4.78 is 65.1. The number of rotatable bonds is 7. The molecule has 6 nitrogen and oxygen atoms in total. The Balaban J connectivity index is 2.05. The van der Waals surface area contributed by atoms with Gasteiger partial charge in [-0.05, 0) is 35.9 Å². The van der Waals surface area contributed by atoms with Gasteiger partial charge in [-0.25, -0.2) is 8.42 Å². The maximum absolute atomic E-state index is 12.2. The van der Waals surface area contributed by atoms with Gasteiger partial charge in [0.25, 0.3) is 0 Å². The van der Waals surface area contributed by atoms with Gasteiger partial charge in [0, 0.05) is 17.3 Å². The molecule has 28 heavy (non-hydrogen) atoms. The first-order valence-corrected chi connectivity index (χ1v) is 10.0. The number of halogens is 4. The zero-order valence-corrected chi connectivity index (χ0v) is 16.1. The molecule has 0 aliphatic carbocycles. The highest BCUT2D eigenvalue weighted by atomic mass is 35.5. The molecule has 0 radical (unpaired) electrons. The van der Waals surface area contributed by atoms with E-state index in [-0.39, 0.29) is 12.2 Å². The highest BCUT2D eigenvalue weighted by Gasteiger charge is 2.31. The quantitative estimate of drug-likeness (QED) is 0.719. The van der Waals surface area contributed by atoms with Crippen molar-refractivity contribution in [3.05, 3.63) is 59.1 Å². The van der Waals surface area contributed by atoms with E-state index in [0.29, 0.717) is 10.6 Å². The van der Waals surface area contributed by atoms with E-state index in [4.69, 9.17) is 11.6 Å². The SMILES string of the molecule is CS(=O)(=O)N(CC(=O)Nc1ccc(OC(F)(F)F)cc1)Cc1ccccc1Cl. The Morgan fingerprint density at radius 3 is 2.29 bits per heavy atom. The van der Waals surface area contributed by atoms with Gasteiger partial charge in [0.05, 0.1) is 12.8 Å². The van der Waals surface area contributed by atoms with E-state index in [9.17, 15) is 26.4 Å². The number of carbonyl (C=O) groups is 1. The van der Waals surface area contributed by atoms with Crippen LogP contribution >= 0.6 is 11.6 Å². The summed E-state index contributed by atoms with van der Waals surface area (Å²) in [4.78, 5) is 12.2. The van der Waals surface area contributed by atoms with Crippen LogP contribution in [-0.4, -0.2) is 37.8 Å². The number of hydrogen-bond donors (Lipinski definition) is 1. The zero-order valence-electron chi connectivity index (χ0n) is 14.5. The van der Waals surface area contributed by atoms with Crippen molar-refractivity contribution in [1.29, 1.82) is 0 Å². The summed E-state index contributed by atoms with van der Waals surface area (Å²) in [7, 11) is -3.73. The molecule has 0 heterocycles. The number of nitrogens with zero attached hydrogens (tertiary/aromatic N) is 1. The first-order valence-electron chi connectivity index (χ1n) is 7.78. The molecule has 0 saturated heterocycles. The predicted octanol–water partition coefficient (Wildman–Crippen LogP) is 3.64. The van der Waals surface area contributed by atoms with Crippen LogP contribution in [0.3, 0.4) is 0 Å². The Bertz CT molecular complexity index is 934. The lowest BCUT2D eigenvalue weighted by Gasteiger charge is -2.20. The van der Waals surface area contributed by atoms with Gasteiger partial charge in [-0.1, -0.05) is 29.8 Å². The molecule has 0 unspecified atom stereocenters. The summed E-state index contributed by atoms with van der Waals surface area (Å²) in [5.41, 5.74) is 0.710. The molecule has 0 spiro atoms. The molecule has 0 aliphatic heterocycles. The Labute approximate surface area is 164 Å². The van der Waals surface area contributed by atoms with E-state index in [2.05, 4.69) is 10.1 Å². The summed E-state index contributed by atoms with van der Waals surface area (Å²) in [6.45, 7) is -0.602. The van der Waals surface area contributed by atoms with Crippen molar-refractivity contribution >= 4 is 33.2 Å². The lowest BCUT2D eigenvalue weighted by molar-refractivity contribution is -0.274. The molecule has 2 aromatic rings. The molecule has 11 heteroatoms. The van der Waals surface area contributed by atoms with Crippen LogP contribution in [0.25, 0.3) is 0 Å². The minimum absolute atomic E-state index is 0.107. The second-order valence-electron chi connectivity index (χ2n) is 5.74. The van der Waals surface area contributed by atoms with Crippen LogP contribution in [0.5, 0.6) is 5.75 Å². The first-order chi connectivity index (χ1) is 12.9. The standard InChI is InChI=1S/C17H16ClF3N2O4S/c1-28(25,26)23(10-12-4-2-3-5-15(12)18)11-16(24)22-13-6-8-14(9-7-13)27-17(19,20)21/h2-9H,10-11H2,1H3,(H,22,24). The fourth-order valence-electron chi connectivity index (χ4n) is 2.21. The van der Waals surface area contributed by atoms with E-state index < -0.39 is 34.6 Å². The van der Waals surface area contributed by atoms with Crippen LogP contribution in [0.1, 0.15) is 5.56 Å². The molecular weight excluding hydrogens is 421 g/mol. The number of carbonyl (C=O) groups excluding carboxylic acids is 1. The van der Waals surface area contributed by atoms with Crippen LogP contribution in [0.15, 0.2) is 48.5 Å². The number of nitrogens with one attached hydrogen (secondary N) is 1. The van der Waals surface area contributed by atoms with E-state index in [1.807, 2.05) is 0 Å². The van der Waals surface area contributed by atoms with Crippen molar-refractivity contribution in [3.8, 4) is 5.75 Å². The summed E-state index contributed by atoms with van der Waals surface area (Å²) in [6.07, 6.45) is -3.86. The molecule has 1 N–H and O–H groups in total. The summed E-state index contributed by atoms with van der Waals surface area (Å²) >= 11 is 6.03. The Hall–Kier alpha value is -2.30. The van der Waals surface area contributed by atoms with Crippen molar-refractivity contribution in [3.63, 3.8) is 0 Å². The average molecular weight is 437 g/mol. The number of sulfonamides is 1. The summed E-state index contributed by atoms with van der Waals surface area (Å²) in [6, 6.07) is 11.1. The average Bonchev–Trinajstić information content (AvgIpc) is 2.56.